The highest BCUT2D eigenvalue weighted by atomic mass is 31.2. The van der Waals surface area contributed by atoms with E-state index in [4.69, 9.17) is 9.05 Å². The molecule has 0 bridgehead atoms. The van der Waals surface area contributed by atoms with Crippen molar-refractivity contribution in [1.29, 1.82) is 0 Å². The highest BCUT2D eigenvalue weighted by Crippen LogP contribution is 2.54. The van der Waals surface area contributed by atoms with E-state index in [0.29, 0.717) is 6.42 Å². The van der Waals surface area contributed by atoms with Crippen LogP contribution < -0.4 is 0 Å². The molecule has 0 aromatic rings. The molecular formula is C14H29O4P. The van der Waals surface area contributed by atoms with Gasteiger partial charge in [0.15, 0.2) is 0 Å². The SMILES string of the molecule is CCCCC(CC)C(=O)P(=O)(OC(C)C)OC(C)C. The Labute approximate surface area is 117 Å². The molecule has 0 heterocycles. The Morgan fingerprint density at radius 2 is 1.53 bits per heavy atom. The maximum Gasteiger partial charge on any atom is 0.397 e. The normalized spacial score (nSPS) is 14.1. The molecule has 0 saturated carbocycles. The third kappa shape index (κ3) is 6.69. The molecule has 0 aliphatic heterocycles. The van der Waals surface area contributed by atoms with Crippen LogP contribution in [0.25, 0.3) is 0 Å². The molecular weight excluding hydrogens is 263 g/mol. The molecule has 114 valence electrons. The van der Waals surface area contributed by atoms with Crippen LogP contribution in [0.3, 0.4) is 0 Å². The van der Waals surface area contributed by atoms with Gasteiger partial charge in [0.05, 0.1) is 12.2 Å². The molecule has 0 rings (SSSR count). The molecule has 19 heavy (non-hydrogen) atoms. The number of hydrogen-bond donors (Lipinski definition) is 0. The predicted octanol–water partition coefficient (Wildman–Crippen LogP) is 4.77. The molecule has 0 aliphatic carbocycles. The van der Waals surface area contributed by atoms with Crippen molar-refractivity contribution in [3.8, 4) is 0 Å². The number of carbonyl (C=O) groups is 1. The van der Waals surface area contributed by atoms with Crippen LogP contribution in [-0.4, -0.2) is 17.7 Å². The van der Waals surface area contributed by atoms with Crippen LogP contribution in [0, 0.1) is 5.92 Å². The molecule has 0 radical (unpaired) electrons. The van der Waals surface area contributed by atoms with Crippen molar-refractivity contribution < 1.29 is 18.4 Å². The van der Waals surface area contributed by atoms with E-state index in [1.807, 2.05) is 6.92 Å². The Kier molecular flexibility index (Phi) is 8.80. The maximum absolute atomic E-state index is 12.7. The fraction of sp³-hybridized carbons (Fsp3) is 0.929. The van der Waals surface area contributed by atoms with Crippen molar-refractivity contribution in [3.05, 3.63) is 0 Å². The van der Waals surface area contributed by atoms with E-state index in [2.05, 4.69) is 6.92 Å². The van der Waals surface area contributed by atoms with Gasteiger partial charge in [-0.2, -0.15) is 0 Å². The highest BCUT2D eigenvalue weighted by Gasteiger charge is 2.40. The maximum atomic E-state index is 12.7. The minimum absolute atomic E-state index is 0.233. The summed E-state index contributed by atoms with van der Waals surface area (Å²) in [7, 11) is -3.67. The van der Waals surface area contributed by atoms with Crippen LogP contribution >= 0.6 is 7.60 Å². The third-order valence-electron chi connectivity index (χ3n) is 2.72. The van der Waals surface area contributed by atoms with Crippen LogP contribution in [0.5, 0.6) is 0 Å². The van der Waals surface area contributed by atoms with Gasteiger partial charge in [0, 0.05) is 5.92 Å². The summed E-state index contributed by atoms with van der Waals surface area (Å²) in [5.74, 6) is -0.233. The molecule has 1 unspecified atom stereocenters. The van der Waals surface area contributed by atoms with Crippen molar-refractivity contribution in [2.75, 3.05) is 0 Å². The average molecular weight is 292 g/mol. The predicted molar refractivity (Wildman–Crippen MR) is 78.4 cm³/mol. The Bertz CT molecular complexity index is 299. The van der Waals surface area contributed by atoms with Gasteiger partial charge in [0.1, 0.15) is 0 Å². The van der Waals surface area contributed by atoms with Crippen LogP contribution in [-0.2, 0) is 18.4 Å². The molecule has 0 aromatic heterocycles. The van der Waals surface area contributed by atoms with Gasteiger partial charge in [-0.3, -0.25) is 9.36 Å². The van der Waals surface area contributed by atoms with Gasteiger partial charge in [0.25, 0.3) is 0 Å². The molecule has 0 saturated heterocycles. The lowest BCUT2D eigenvalue weighted by atomic mass is 10.0. The second-order valence-electron chi connectivity index (χ2n) is 5.39. The molecule has 5 heteroatoms. The number of carbonyl (C=O) groups excluding carboxylic acids is 1. The van der Waals surface area contributed by atoms with Gasteiger partial charge in [-0.1, -0.05) is 26.7 Å². The smallest absolute Gasteiger partial charge is 0.300 e. The first-order valence-corrected chi connectivity index (χ1v) is 8.82. The molecule has 0 fully saturated rings. The lowest BCUT2D eigenvalue weighted by molar-refractivity contribution is -0.118. The zero-order valence-electron chi connectivity index (χ0n) is 13.1. The van der Waals surface area contributed by atoms with Crippen molar-refractivity contribution in [3.63, 3.8) is 0 Å². The largest absolute Gasteiger partial charge is 0.397 e. The van der Waals surface area contributed by atoms with Gasteiger partial charge < -0.3 is 9.05 Å². The first kappa shape index (κ1) is 18.8. The molecule has 4 nitrogen and oxygen atoms in total. The first-order chi connectivity index (χ1) is 8.76. The highest BCUT2D eigenvalue weighted by molar-refractivity contribution is 7.71. The molecule has 1 atom stereocenters. The van der Waals surface area contributed by atoms with E-state index in [0.717, 1.165) is 19.3 Å². The topological polar surface area (TPSA) is 52.6 Å². The summed E-state index contributed by atoms with van der Waals surface area (Å²) < 4.78 is 23.4. The van der Waals surface area contributed by atoms with Gasteiger partial charge in [-0.15, -0.1) is 0 Å². The van der Waals surface area contributed by atoms with Gasteiger partial charge >= 0.3 is 7.60 Å². The number of rotatable bonds is 10. The van der Waals surface area contributed by atoms with E-state index >= 15 is 0 Å². The fourth-order valence-electron chi connectivity index (χ4n) is 1.86. The van der Waals surface area contributed by atoms with Crippen molar-refractivity contribution in [2.45, 2.75) is 79.4 Å². The monoisotopic (exact) mass is 292 g/mol. The van der Waals surface area contributed by atoms with Crippen molar-refractivity contribution in [1.82, 2.24) is 0 Å². The molecule has 0 spiro atoms. The van der Waals surface area contributed by atoms with E-state index in [9.17, 15) is 9.36 Å². The van der Waals surface area contributed by atoms with Crippen LogP contribution in [0.15, 0.2) is 0 Å². The number of hydrogen-bond acceptors (Lipinski definition) is 4. The summed E-state index contributed by atoms with van der Waals surface area (Å²) >= 11 is 0. The standard InChI is InChI=1S/C14H29O4P/c1-7-9-10-13(8-2)14(15)19(16,17-11(3)4)18-12(5)6/h11-13H,7-10H2,1-6H3. The Morgan fingerprint density at radius 3 is 1.84 bits per heavy atom. The summed E-state index contributed by atoms with van der Waals surface area (Å²) in [5, 5.41) is 0. The van der Waals surface area contributed by atoms with Crippen LogP contribution in [0.4, 0.5) is 0 Å². The van der Waals surface area contributed by atoms with E-state index in [1.165, 1.54) is 0 Å². The molecule has 0 amide bonds. The van der Waals surface area contributed by atoms with Gasteiger partial charge in [0.2, 0.25) is 5.52 Å². The fourth-order valence-corrected chi connectivity index (χ4v) is 3.99. The van der Waals surface area contributed by atoms with E-state index < -0.39 is 7.60 Å². The quantitative estimate of drug-likeness (QED) is 0.544. The zero-order valence-corrected chi connectivity index (χ0v) is 14.0. The summed E-state index contributed by atoms with van der Waals surface area (Å²) in [6.07, 6.45) is 2.80. The summed E-state index contributed by atoms with van der Waals surface area (Å²) in [4.78, 5) is 12.5. The first-order valence-electron chi connectivity index (χ1n) is 7.28. The van der Waals surface area contributed by atoms with E-state index in [-0.39, 0.29) is 23.7 Å². The second kappa shape index (κ2) is 8.89. The number of unbranched alkanes of at least 4 members (excludes halogenated alkanes) is 1. The molecule has 0 aromatic carbocycles. The zero-order chi connectivity index (χ0) is 15.1. The van der Waals surface area contributed by atoms with Crippen molar-refractivity contribution in [2.24, 2.45) is 5.92 Å². The minimum atomic E-state index is -3.67. The lowest BCUT2D eigenvalue weighted by Crippen LogP contribution is -2.20. The summed E-state index contributed by atoms with van der Waals surface area (Å²) in [5.41, 5.74) is -0.356. The Balaban J connectivity index is 5.01. The minimum Gasteiger partial charge on any atom is -0.300 e. The molecule has 0 N–H and O–H groups in total. The Morgan fingerprint density at radius 1 is 1.05 bits per heavy atom. The van der Waals surface area contributed by atoms with Crippen molar-refractivity contribution >= 4 is 13.1 Å². The lowest BCUT2D eigenvalue weighted by Gasteiger charge is -2.24. The van der Waals surface area contributed by atoms with Crippen LogP contribution in [0.2, 0.25) is 0 Å². The van der Waals surface area contributed by atoms with Gasteiger partial charge in [-0.05, 0) is 40.5 Å². The summed E-state index contributed by atoms with van der Waals surface area (Å²) in [6.45, 7) is 11.1. The van der Waals surface area contributed by atoms with Gasteiger partial charge in [-0.25, -0.2) is 0 Å². The Hall–Kier alpha value is -0.180. The summed E-state index contributed by atoms with van der Waals surface area (Å²) in [6, 6.07) is 0. The molecule has 0 aliphatic rings. The second-order valence-corrected chi connectivity index (χ2v) is 7.25. The van der Waals surface area contributed by atoms with E-state index in [1.54, 1.807) is 27.7 Å². The average Bonchev–Trinajstić information content (AvgIpc) is 2.27. The van der Waals surface area contributed by atoms with Crippen LogP contribution in [0.1, 0.15) is 67.2 Å². The third-order valence-corrected chi connectivity index (χ3v) is 5.02.